The number of nitrogens with zero attached hydrogens (tertiary/aromatic N) is 4. The SMILES string of the molecule is Cc1nc(CN2CCN(C(=O)c3ccccc3SCC3CCCO3)CC2)n[nH]1. The van der Waals surface area contributed by atoms with E-state index in [0.717, 1.165) is 80.0 Å². The van der Waals surface area contributed by atoms with Crippen molar-refractivity contribution in [2.24, 2.45) is 0 Å². The number of ether oxygens (including phenoxy) is 1. The summed E-state index contributed by atoms with van der Waals surface area (Å²) in [5.74, 6) is 2.69. The molecule has 2 aromatic rings. The molecule has 150 valence electrons. The van der Waals surface area contributed by atoms with Crippen LogP contribution in [0.3, 0.4) is 0 Å². The summed E-state index contributed by atoms with van der Waals surface area (Å²) < 4.78 is 5.72. The summed E-state index contributed by atoms with van der Waals surface area (Å²) >= 11 is 1.74. The molecule has 2 aliphatic heterocycles. The largest absolute Gasteiger partial charge is 0.377 e. The third-order valence-electron chi connectivity index (χ3n) is 5.23. The Bertz CT molecular complexity index is 797. The highest BCUT2D eigenvalue weighted by atomic mass is 32.2. The van der Waals surface area contributed by atoms with Gasteiger partial charge >= 0.3 is 0 Å². The molecule has 2 fully saturated rings. The van der Waals surface area contributed by atoms with Crippen molar-refractivity contribution >= 4 is 17.7 Å². The fraction of sp³-hybridized carbons (Fsp3) is 0.550. The summed E-state index contributed by atoms with van der Waals surface area (Å²) in [7, 11) is 0. The van der Waals surface area contributed by atoms with Gasteiger partial charge in [-0.05, 0) is 31.9 Å². The van der Waals surface area contributed by atoms with Gasteiger partial charge in [-0.1, -0.05) is 12.1 Å². The molecule has 8 heteroatoms. The van der Waals surface area contributed by atoms with Crippen molar-refractivity contribution in [2.45, 2.75) is 37.3 Å². The van der Waals surface area contributed by atoms with E-state index >= 15 is 0 Å². The predicted octanol–water partition coefficient (Wildman–Crippen LogP) is 2.34. The van der Waals surface area contributed by atoms with Gasteiger partial charge < -0.3 is 9.64 Å². The number of aromatic nitrogens is 3. The lowest BCUT2D eigenvalue weighted by Crippen LogP contribution is -2.48. The number of aromatic amines is 1. The van der Waals surface area contributed by atoms with E-state index < -0.39 is 0 Å². The standard InChI is InChI=1S/C20H27N5O2S/c1-15-21-19(23-22-15)13-24-8-10-25(11-9-24)20(26)17-6-2-3-7-18(17)28-14-16-5-4-12-27-16/h2-3,6-7,16H,4-5,8-14H2,1H3,(H,21,22,23). The summed E-state index contributed by atoms with van der Waals surface area (Å²) in [6.45, 7) is 6.63. The van der Waals surface area contributed by atoms with E-state index in [2.05, 4.69) is 26.1 Å². The fourth-order valence-corrected chi connectivity index (χ4v) is 4.78. The number of amides is 1. The molecule has 0 saturated carbocycles. The van der Waals surface area contributed by atoms with Crippen LogP contribution in [0.5, 0.6) is 0 Å². The molecule has 0 spiro atoms. The number of hydrogen-bond donors (Lipinski definition) is 1. The second-order valence-electron chi connectivity index (χ2n) is 7.35. The van der Waals surface area contributed by atoms with E-state index in [1.807, 2.05) is 30.0 Å². The molecule has 1 atom stereocenters. The highest BCUT2D eigenvalue weighted by molar-refractivity contribution is 7.99. The smallest absolute Gasteiger partial charge is 0.255 e. The van der Waals surface area contributed by atoms with E-state index in [4.69, 9.17) is 4.74 Å². The van der Waals surface area contributed by atoms with Crippen LogP contribution in [0.2, 0.25) is 0 Å². The molecule has 7 nitrogen and oxygen atoms in total. The summed E-state index contributed by atoms with van der Waals surface area (Å²) in [6.07, 6.45) is 2.58. The van der Waals surface area contributed by atoms with Crippen LogP contribution in [0, 0.1) is 6.92 Å². The van der Waals surface area contributed by atoms with Gasteiger partial charge in [0.05, 0.1) is 18.2 Å². The second-order valence-corrected chi connectivity index (χ2v) is 8.41. The molecule has 3 heterocycles. The maximum Gasteiger partial charge on any atom is 0.255 e. The molecular weight excluding hydrogens is 374 g/mol. The van der Waals surface area contributed by atoms with Crippen LogP contribution in [-0.2, 0) is 11.3 Å². The zero-order valence-corrected chi connectivity index (χ0v) is 17.1. The van der Waals surface area contributed by atoms with Crippen LogP contribution in [0.4, 0.5) is 0 Å². The Hall–Kier alpha value is -1.90. The van der Waals surface area contributed by atoms with Crippen molar-refractivity contribution in [1.82, 2.24) is 25.0 Å². The molecule has 2 saturated heterocycles. The molecule has 0 bridgehead atoms. The Morgan fingerprint density at radius 3 is 2.82 bits per heavy atom. The number of aryl methyl sites for hydroxylation is 1. The van der Waals surface area contributed by atoms with E-state index in [1.54, 1.807) is 11.8 Å². The van der Waals surface area contributed by atoms with Crippen LogP contribution >= 0.6 is 11.8 Å². The third-order valence-corrected chi connectivity index (χ3v) is 6.44. The minimum atomic E-state index is 0.129. The lowest BCUT2D eigenvalue weighted by Gasteiger charge is -2.34. The molecule has 0 aliphatic carbocycles. The topological polar surface area (TPSA) is 74.3 Å². The van der Waals surface area contributed by atoms with E-state index in [-0.39, 0.29) is 5.91 Å². The number of carbonyl (C=O) groups is 1. The normalized spacial score (nSPS) is 20.6. The number of benzene rings is 1. The number of piperazine rings is 1. The van der Waals surface area contributed by atoms with Gasteiger partial charge in [0.2, 0.25) is 0 Å². The number of nitrogens with one attached hydrogen (secondary N) is 1. The lowest BCUT2D eigenvalue weighted by molar-refractivity contribution is 0.0622. The van der Waals surface area contributed by atoms with E-state index in [1.165, 1.54) is 0 Å². The molecular formula is C20H27N5O2S. The first kappa shape index (κ1) is 19.4. The maximum absolute atomic E-state index is 13.1. The van der Waals surface area contributed by atoms with Crippen molar-refractivity contribution in [3.63, 3.8) is 0 Å². The van der Waals surface area contributed by atoms with Crippen molar-refractivity contribution in [2.75, 3.05) is 38.5 Å². The molecule has 1 amide bonds. The Kier molecular flexibility index (Phi) is 6.29. The zero-order valence-electron chi connectivity index (χ0n) is 16.3. The lowest BCUT2D eigenvalue weighted by atomic mass is 10.2. The summed E-state index contributed by atoms with van der Waals surface area (Å²) in [4.78, 5) is 22.8. The average Bonchev–Trinajstić information content (AvgIpc) is 3.38. The van der Waals surface area contributed by atoms with Gasteiger partial charge in [-0.15, -0.1) is 11.8 Å². The van der Waals surface area contributed by atoms with Crippen LogP contribution in [-0.4, -0.2) is 75.5 Å². The van der Waals surface area contributed by atoms with Gasteiger partial charge in [-0.2, -0.15) is 5.10 Å². The van der Waals surface area contributed by atoms with Crippen molar-refractivity contribution in [3.8, 4) is 0 Å². The van der Waals surface area contributed by atoms with E-state index in [9.17, 15) is 4.79 Å². The minimum Gasteiger partial charge on any atom is -0.377 e. The third kappa shape index (κ3) is 4.74. The quantitative estimate of drug-likeness (QED) is 0.749. The van der Waals surface area contributed by atoms with E-state index in [0.29, 0.717) is 6.10 Å². The Balaban J connectivity index is 1.33. The molecule has 2 aliphatic rings. The zero-order chi connectivity index (χ0) is 19.3. The number of carbonyl (C=O) groups excluding carboxylic acids is 1. The summed E-state index contributed by atoms with van der Waals surface area (Å²) in [5.41, 5.74) is 0.809. The van der Waals surface area contributed by atoms with Gasteiger partial charge in [-0.3, -0.25) is 14.8 Å². The van der Waals surface area contributed by atoms with Crippen molar-refractivity contribution in [1.29, 1.82) is 0 Å². The maximum atomic E-state index is 13.1. The van der Waals surface area contributed by atoms with Crippen molar-refractivity contribution in [3.05, 3.63) is 41.5 Å². The Morgan fingerprint density at radius 1 is 1.29 bits per heavy atom. The van der Waals surface area contributed by atoms with Gasteiger partial charge in [0, 0.05) is 43.4 Å². The first-order chi connectivity index (χ1) is 13.7. The number of thioether (sulfide) groups is 1. The van der Waals surface area contributed by atoms with Crippen LogP contribution < -0.4 is 0 Å². The predicted molar refractivity (Wildman–Crippen MR) is 108 cm³/mol. The Morgan fingerprint density at radius 2 is 2.11 bits per heavy atom. The van der Waals surface area contributed by atoms with Crippen molar-refractivity contribution < 1.29 is 9.53 Å². The van der Waals surface area contributed by atoms with Gasteiger partial charge in [0.1, 0.15) is 5.82 Å². The Labute approximate surface area is 169 Å². The van der Waals surface area contributed by atoms with Gasteiger partial charge in [0.15, 0.2) is 5.82 Å². The van der Waals surface area contributed by atoms with Crippen LogP contribution in [0.25, 0.3) is 0 Å². The highest BCUT2D eigenvalue weighted by Crippen LogP contribution is 2.27. The number of H-pyrrole nitrogens is 1. The summed E-state index contributed by atoms with van der Waals surface area (Å²) in [5, 5.41) is 7.09. The average molecular weight is 402 g/mol. The molecule has 0 radical (unpaired) electrons. The highest BCUT2D eigenvalue weighted by Gasteiger charge is 2.25. The molecule has 1 aromatic heterocycles. The molecule has 28 heavy (non-hydrogen) atoms. The van der Waals surface area contributed by atoms with Crippen LogP contribution in [0.1, 0.15) is 34.8 Å². The second kappa shape index (κ2) is 9.07. The van der Waals surface area contributed by atoms with Gasteiger partial charge in [0.25, 0.3) is 5.91 Å². The first-order valence-corrected chi connectivity index (χ1v) is 10.9. The minimum absolute atomic E-state index is 0.129. The molecule has 1 N–H and O–H groups in total. The molecule has 1 aromatic carbocycles. The number of hydrogen-bond acceptors (Lipinski definition) is 6. The summed E-state index contributed by atoms with van der Waals surface area (Å²) in [6, 6.07) is 7.95. The first-order valence-electron chi connectivity index (χ1n) is 9.92. The molecule has 4 rings (SSSR count). The fourth-order valence-electron chi connectivity index (χ4n) is 3.67. The monoisotopic (exact) mass is 401 g/mol. The molecule has 1 unspecified atom stereocenters. The van der Waals surface area contributed by atoms with Crippen LogP contribution in [0.15, 0.2) is 29.2 Å². The van der Waals surface area contributed by atoms with Gasteiger partial charge in [-0.25, -0.2) is 4.98 Å². The number of rotatable bonds is 6.